The van der Waals surface area contributed by atoms with E-state index in [1.807, 2.05) is 0 Å². The fraction of sp³-hybridized carbons (Fsp3) is 0.211. The second-order valence-electron chi connectivity index (χ2n) is 5.89. The summed E-state index contributed by atoms with van der Waals surface area (Å²) in [6.07, 6.45) is -5.62. The number of esters is 1. The molecule has 29 heavy (non-hydrogen) atoms. The van der Waals surface area contributed by atoms with E-state index >= 15 is 0 Å². The lowest BCUT2D eigenvalue weighted by molar-refractivity contribution is -0.152. The van der Waals surface area contributed by atoms with Crippen LogP contribution in [0.5, 0.6) is 0 Å². The second kappa shape index (κ2) is 9.55. The number of nitrogens with one attached hydrogen (secondary N) is 2. The van der Waals surface area contributed by atoms with Crippen LogP contribution < -0.4 is 10.6 Å². The summed E-state index contributed by atoms with van der Waals surface area (Å²) >= 11 is 3.26. The third-order valence-electron chi connectivity index (χ3n) is 3.66. The van der Waals surface area contributed by atoms with Crippen molar-refractivity contribution >= 4 is 39.4 Å². The van der Waals surface area contributed by atoms with Gasteiger partial charge in [-0.05, 0) is 55.5 Å². The molecular formula is C19H16BrF3N2O4. The first-order chi connectivity index (χ1) is 13.6. The Morgan fingerprint density at radius 2 is 1.62 bits per heavy atom. The molecule has 1 unspecified atom stereocenters. The molecule has 0 aromatic heterocycles. The Hall–Kier alpha value is -2.88. The van der Waals surface area contributed by atoms with Gasteiger partial charge in [0.15, 0.2) is 6.10 Å². The van der Waals surface area contributed by atoms with Gasteiger partial charge in [0.2, 0.25) is 0 Å². The Balaban J connectivity index is 1.81. The highest BCUT2D eigenvalue weighted by molar-refractivity contribution is 9.10. The number of rotatable bonds is 6. The van der Waals surface area contributed by atoms with Crippen molar-refractivity contribution in [2.24, 2.45) is 0 Å². The number of anilines is 1. The van der Waals surface area contributed by atoms with Crippen LogP contribution in [0, 0.1) is 0 Å². The predicted octanol–water partition coefficient (Wildman–Crippen LogP) is 3.77. The van der Waals surface area contributed by atoms with E-state index in [2.05, 4.69) is 26.6 Å². The van der Waals surface area contributed by atoms with Gasteiger partial charge in [0, 0.05) is 15.7 Å². The first-order valence-electron chi connectivity index (χ1n) is 8.27. The van der Waals surface area contributed by atoms with Crippen LogP contribution in [0.4, 0.5) is 18.9 Å². The number of ether oxygens (including phenoxy) is 1. The number of hydrogen-bond donors (Lipinski definition) is 2. The number of halogens is 4. The van der Waals surface area contributed by atoms with E-state index in [0.717, 1.165) is 28.7 Å². The maximum Gasteiger partial charge on any atom is 0.416 e. The number of carbonyl (C=O) groups excluding carboxylic acids is 3. The molecule has 0 saturated heterocycles. The maximum atomic E-state index is 12.5. The van der Waals surface area contributed by atoms with Crippen LogP contribution in [0.1, 0.15) is 22.8 Å². The zero-order valence-corrected chi connectivity index (χ0v) is 16.6. The first-order valence-corrected chi connectivity index (χ1v) is 9.07. The van der Waals surface area contributed by atoms with E-state index in [-0.39, 0.29) is 5.56 Å². The van der Waals surface area contributed by atoms with Gasteiger partial charge < -0.3 is 15.4 Å². The van der Waals surface area contributed by atoms with E-state index in [1.54, 1.807) is 24.3 Å². The molecule has 10 heteroatoms. The third kappa shape index (κ3) is 6.90. The number of carbonyl (C=O) groups is 3. The predicted molar refractivity (Wildman–Crippen MR) is 102 cm³/mol. The number of alkyl halides is 3. The van der Waals surface area contributed by atoms with Gasteiger partial charge in [-0.15, -0.1) is 0 Å². The van der Waals surface area contributed by atoms with E-state index < -0.39 is 42.2 Å². The number of benzene rings is 2. The molecule has 154 valence electrons. The molecule has 2 rings (SSSR count). The molecule has 0 aliphatic carbocycles. The number of amides is 2. The highest BCUT2D eigenvalue weighted by atomic mass is 79.9. The molecule has 0 aliphatic rings. The molecule has 2 N–H and O–H groups in total. The van der Waals surface area contributed by atoms with Crippen molar-refractivity contribution in [3.8, 4) is 0 Å². The lowest BCUT2D eigenvalue weighted by Gasteiger charge is -2.14. The van der Waals surface area contributed by atoms with Gasteiger partial charge in [0.05, 0.1) is 5.56 Å². The van der Waals surface area contributed by atoms with Crippen LogP contribution in [0.3, 0.4) is 0 Å². The molecule has 0 fully saturated rings. The summed E-state index contributed by atoms with van der Waals surface area (Å²) in [6, 6.07) is 10.3. The summed E-state index contributed by atoms with van der Waals surface area (Å²) in [7, 11) is 0. The van der Waals surface area contributed by atoms with Gasteiger partial charge in [-0.3, -0.25) is 14.4 Å². The Labute approximate surface area is 172 Å². The number of hydrogen-bond acceptors (Lipinski definition) is 4. The SMILES string of the molecule is CC(OC(=O)CNC(=O)c1ccc(C(F)(F)F)cc1)C(=O)Nc1ccc(Br)cc1. The summed E-state index contributed by atoms with van der Waals surface area (Å²) in [6.45, 7) is 0.819. The summed E-state index contributed by atoms with van der Waals surface area (Å²) in [5.41, 5.74) is -0.428. The van der Waals surface area contributed by atoms with Gasteiger partial charge in [-0.2, -0.15) is 13.2 Å². The van der Waals surface area contributed by atoms with Crippen LogP contribution in [-0.4, -0.2) is 30.4 Å². The van der Waals surface area contributed by atoms with Gasteiger partial charge >= 0.3 is 12.1 Å². The Bertz CT molecular complexity index is 884. The van der Waals surface area contributed by atoms with E-state index in [4.69, 9.17) is 4.74 Å². The van der Waals surface area contributed by atoms with Crippen LogP contribution in [0.25, 0.3) is 0 Å². The van der Waals surface area contributed by atoms with Crippen molar-refractivity contribution in [3.05, 3.63) is 64.1 Å². The van der Waals surface area contributed by atoms with Crippen molar-refractivity contribution in [2.45, 2.75) is 19.2 Å². The monoisotopic (exact) mass is 472 g/mol. The molecule has 0 radical (unpaired) electrons. The van der Waals surface area contributed by atoms with E-state index in [1.165, 1.54) is 6.92 Å². The Morgan fingerprint density at radius 3 is 2.17 bits per heavy atom. The Morgan fingerprint density at radius 1 is 1.03 bits per heavy atom. The van der Waals surface area contributed by atoms with Crippen molar-refractivity contribution in [1.82, 2.24) is 5.32 Å². The van der Waals surface area contributed by atoms with Crippen molar-refractivity contribution < 1.29 is 32.3 Å². The normalized spacial score (nSPS) is 12.0. The zero-order chi connectivity index (χ0) is 21.6. The third-order valence-corrected chi connectivity index (χ3v) is 4.19. The largest absolute Gasteiger partial charge is 0.451 e. The van der Waals surface area contributed by atoms with Gasteiger partial charge in [-0.25, -0.2) is 0 Å². The van der Waals surface area contributed by atoms with Gasteiger partial charge in [0.1, 0.15) is 6.54 Å². The lowest BCUT2D eigenvalue weighted by Crippen LogP contribution is -2.35. The fourth-order valence-electron chi connectivity index (χ4n) is 2.13. The van der Waals surface area contributed by atoms with E-state index in [9.17, 15) is 27.6 Å². The minimum atomic E-state index is -4.51. The van der Waals surface area contributed by atoms with Gasteiger partial charge in [0.25, 0.3) is 11.8 Å². The minimum Gasteiger partial charge on any atom is -0.451 e. The summed E-state index contributed by atoms with van der Waals surface area (Å²) < 4.78 is 43.3. The quantitative estimate of drug-likeness (QED) is 0.626. The molecule has 0 bridgehead atoms. The van der Waals surface area contributed by atoms with E-state index in [0.29, 0.717) is 5.69 Å². The minimum absolute atomic E-state index is 0.0492. The molecule has 1 atom stereocenters. The average molecular weight is 473 g/mol. The van der Waals surface area contributed by atoms with Crippen LogP contribution in [0.15, 0.2) is 53.0 Å². The van der Waals surface area contributed by atoms with Crippen LogP contribution >= 0.6 is 15.9 Å². The summed E-state index contributed by atoms with van der Waals surface area (Å²) in [5, 5.41) is 4.79. The van der Waals surface area contributed by atoms with Gasteiger partial charge in [-0.1, -0.05) is 15.9 Å². The van der Waals surface area contributed by atoms with Crippen LogP contribution in [0.2, 0.25) is 0 Å². The second-order valence-corrected chi connectivity index (χ2v) is 6.80. The molecule has 2 amide bonds. The maximum absolute atomic E-state index is 12.5. The zero-order valence-electron chi connectivity index (χ0n) is 15.0. The van der Waals surface area contributed by atoms with Crippen molar-refractivity contribution in [2.75, 3.05) is 11.9 Å². The van der Waals surface area contributed by atoms with Crippen molar-refractivity contribution in [3.63, 3.8) is 0 Å². The first kappa shape index (κ1) is 22.4. The molecule has 0 heterocycles. The molecule has 0 spiro atoms. The smallest absolute Gasteiger partial charge is 0.416 e. The van der Waals surface area contributed by atoms with Crippen molar-refractivity contribution in [1.29, 1.82) is 0 Å². The average Bonchev–Trinajstić information content (AvgIpc) is 2.67. The lowest BCUT2D eigenvalue weighted by atomic mass is 10.1. The van der Waals surface area contributed by atoms with Crippen LogP contribution in [-0.2, 0) is 20.5 Å². The molecule has 0 aliphatic heterocycles. The molecular weight excluding hydrogens is 457 g/mol. The highest BCUT2D eigenvalue weighted by Gasteiger charge is 2.30. The highest BCUT2D eigenvalue weighted by Crippen LogP contribution is 2.29. The molecule has 2 aromatic carbocycles. The topological polar surface area (TPSA) is 84.5 Å². The Kier molecular flexibility index (Phi) is 7.38. The molecule has 6 nitrogen and oxygen atoms in total. The fourth-order valence-corrected chi connectivity index (χ4v) is 2.40. The summed E-state index contributed by atoms with van der Waals surface area (Å²) in [4.78, 5) is 35.7. The summed E-state index contributed by atoms with van der Waals surface area (Å²) in [5.74, 6) is -2.18. The molecule has 0 saturated carbocycles. The molecule has 2 aromatic rings. The standard InChI is InChI=1S/C19H16BrF3N2O4/c1-11(17(27)25-15-8-6-14(20)7-9-15)29-16(26)10-24-18(28)12-2-4-13(5-3-12)19(21,22)23/h2-9,11H,10H2,1H3,(H,24,28)(H,25,27).